The molecule has 2 atom stereocenters. The van der Waals surface area contributed by atoms with E-state index in [9.17, 15) is 4.79 Å². The van der Waals surface area contributed by atoms with Gasteiger partial charge in [-0.3, -0.25) is 9.78 Å². The average Bonchev–Trinajstić information content (AvgIpc) is 3.00. The molecule has 3 aliphatic heterocycles. The number of amides is 1. The zero-order chi connectivity index (χ0) is 17.1. The minimum Gasteiger partial charge on any atom is -0.338 e. The summed E-state index contributed by atoms with van der Waals surface area (Å²) in [6.07, 6.45) is 10.7. The van der Waals surface area contributed by atoms with Crippen molar-refractivity contribution in [1.82, 2.24) is 19.9 Å². The van der Waals surface area contributed by atoms with Crippen LogP contribution in [0.25, 0.3) is 0 Å². The molecule has 3 fully saturated rings. The van der Waals surface area contributed by atoms with E-state index in [4.69, 9.17) is 0 Å². The van der Waals surface area contributed by atoms with Crippen LogP contribution in [0.4, 0.5) is 5.95 Å². The Bertz CT molecular complexity index is 708. The van der Waals surface area contributed by atoms with Crippen molar-refractivity contribution in [3.05, 3.63) is 48.5 Å². The van der Waals surface area contributed by atoms with Crippen molar-refractivity contribution >= 4 is 11.9 Å². The van der Waals surface area contributed by atoms with E-state index in [2.05, 4.69) is 24.8 Å². The van der Waals surface area contributed by atoms with Crippen LogP contribution in [0.15, 0.2) is 43.0 Å². The van der Waals surface area contributed by atoms with Crippen molar-refractivity contribution < 1.29 is 4.79 Å². The van der Waals surface area contributed by atoms with Gasteiger partial charge in [-0.05, 0) is 48.9 Å². The van der Waals surface area contributed by atoms with E-state index in [0.29, 0.717) is 12.3 Å². The molecule has 0 aliphatic carbocycles. The van der Waals surface area contributed by atoms with Crippen molar-refractivity contribution in [2.75, 3.05) is 24.5 Å². The molecule has 0 saturated carbocycles. The van der Waals surface area contributed by atoms with Crippen LogP contribution in [0.5, 0.6) is 0 Å². The van der Waals surface area contributed by atoms with E-state index < -0.39 is 0 Å². The van der Waals surface area contributed by atoms with Gasteiger partial charge in [0, 0.05) is 56.9 Å². The summed E-state index contributed by atoms with van der Waals surface area (Å²) in [7, 11) is 0. The molecule has 0 N–H and O–H groups in total. The summed E-state index contributed by atoms with van der Waals surface area (Å²) >= 11 is 0. The van der Waals surface area contributed by atoms with Crippen LogP contribution in [-0.4, -0.2) is 51.4 Å². The number of carbonyl (C=O) groups excluding carboxylic acids is 1. The van der Waals surface area contributed by atoms with Crippen LogP contribution in [0.1, 0.15) is 24.8 Å². The minimum absolute atomic E-state index is 0.266. The molecule has 2 aromatic heterocycles. The fraction of sp³-hybridized carbons (Fsp3) is 0.474. The average molecular weight is 337 g/mol. The Morgan fingerprint density at radius 1 is 1.04 bits per heavy atom. The molecule has 2 aromatic rings. The molecule has 2 bridgehead atoms. The van der Waals surface area contributed by atoms with Crippen molar-refractivity contribution in [2.24, 2.45) is 5.92 Å². The van der Waals surface area contributed by atoms with Gasteiger partial charge in [0.05, 0.1) is 0 Å². The Labute approximate surface area is 147 Å². The number of anilines is 1. The molecule has 0 spiro atoms. The Balaban J connectivity index is 1.42. The quantitative estimate of drug-likeness (QED) is 0.853. The number of carbonyl (C=O) groups is 1. The van der Waals surface area contributed by atoms with E-state index >= 15 is 0 Å². The monoisotopic (exact) mass is 337 g/mol. The van der Waals surface area contributed by atoms with Gasteiger partial charge < -0.3 is 9.80 Å². The molecule has 5 heterocycles. The molecule has 5 rings (SSSR count). The van der Waals surface area contributed by atoms with Crippen molar-refractivity contribution in [3.8, 4) is 0 Å². The number of piperidine rings is 1. The Morgan fingerprint density at radius 2 is 1.84 bits per heavy atom. The minimum atomic E-state index is 0.266. The van der Waals surface area contributed by atoms with E-state index in [-0.39, 0.29) is 11.9 Å². The second-order valence-electron chi connectivity index (χ2n) is 6.95. The van der Waals surface area contributed by atoms with Crippen LogP contribution >= 0.6 is 0 Å². The molecular weight excluding hydrogens is 314 g/mol. The number of hydrogen-bond acceptors (Lipinski definition) is 5. The van der Waals surface area contributed by atoms with Crippen molar-refractivity contribution in [3.63, 3.8) is 0 Å². The first-order valence-corrected chi connectivity index (χ1v) is 9.00. The lowest BCUT2D eigenvalue weighted by Crippen LogP contribution is -2.47. The van der Waals surface area contributed by atoms with Gasteiger partial charge >= 0.3 is 0 Å². The third-order valence-electron chi connectivity index (χ3n) is 5.25. The van der Waals surface area contributed by atoms with Gasteiger partial charge in [0.1, 0.15) is 0 Å². The highest BCUT2D eigenvalue weighted by molar-refractivity contribution is 5.77. The number of hydrogen-bond donors (Lipinski definition) is 0. The first-order chi connectivity index (χ1) is 12.3. The number of pyridine rings is 1. The normalized spacial score (nSPS) is 22.7. The van der Waals surface area contributed by atoms with Gasteiger partial charge in [0.25, 0.3) is 0 Å². The summed E-state index contributed by atoms with van der Waals surface area (Å²) < 4.78 is 0. The predicted molar refractivity (Wildman–Crippen MR) is 95.0 cm³/mol. The highest BCUT2D eigenvalue weighted by Crippen LogP contribution is 2.30. The van der Waals surface area contributed by atoms with E-state index in [1.807, 2.05) is 18.2 Å². The lowest BCUT2D eigenvalue weighted by Gasteiger charge is -2.36. The van der Waals surface area contributed by atoms with Crippen molar-refractivity contribution in [1.29, 1.82) is 0 Å². The third kappa shape index (κ3) is 3.62. The zero-order valence-corrected chi connectivity index (χ0v) is 14.3. The standard InChI is InChI=1S/C19H23N5O/c25-18(5-3-15-6-10-20-11-7-15)24-13-16-2-4-17(24)14-23(12-16)19-21-8-1-9-22-19/h1,6-11,16-17H,2-5,12-14H2/t16-,17+/m0/s1. The SMILES string of the molecule is O=C(CCc1ccncc1)N1C[C@H]2CC[C@@H]1CN(c1ncccn1)C2. The number of fused-ring (bicyclic) bond motifs is 4. The zero-order valence-electron chi connectivity index (χ0n) is 14.3. The smallest absolute Gasteiger partial charge is 0.225 e. The molecule has 0 radical (unpaired) electrons. The Morgan fingerprint density at radius 3 is 2.64 bits per heavy atom. The molecule has 1 amide bonds. The number of rotatable bonds is 4. The summed E-state index contributed by atoms with van der Waals surface area (Å²) in [4.78, 5) is 30.0. The second-order valence-corrected chi connectivity index (χ2v) is 6.95. The molecule has 0 aromatic carbocycles. The fourth-order valence-corrected chi connectivity index (χ4v) is 3.95. The van der Waals surface area contributed by atoms with Crippen LogP contribution < -0.4 is 4.90 Å². The van der Waals surface area contributed by atoms with Gasteiger partial charge in [-0.25, -0.2) is 9.97 Å². The molecule has 6 nitrogen and oxygen atoms in total. The maximum absolute atomic E-state index is 12.8. The lowest BCUT2D eigenvalue weighted by molar-refractivity contribution is -0.135. The Hall–Kier alpha value is -2.50. The van der Waals surface area contributed by atoms with E-state index in [0.717, 1.165) is 38.4 Å². The fourth-order valence-electron chi connectivity index (χ4n) is 3.95. The first kappa shape index (κ1) is 16.0. The van der Waals surface area contributed by atoms with Gasteiger partial charge in [-0.1, -0.05) is 0 Å². The summed E-state index contributed by atoms with van der Waals surface area (Å²) in [6.45, 7) is 2.64. The topological polar surface area (TPSA) is 62.2 Å². The summed E-state index contributed by atoms with van der Waals surface area (Å²) in [5.41, 5.74) is 1.17. The second kappa shape index (κ2) is 7.17. The number of aryl methyl sites for hydroxylation is 1. The highest BCUT2D eigenvalue weighted by Gasteiger charge is 2.37. The van der Waals surface area contributed by atoms with Crippen LogP contribution in [0.3, 0.4) is 0 Å². The third-order valence-corrected chi connectivity index (χ3v) is 5.25. The van der Waals surface area contributed by atoms with E-state index in [1.54, 1.807) is 24.8 Å². The molecule has 3 aliphatic rings. The summed E-state index contributed by atoms with van der Waals surface area (Å²) in [5, 5.41) is 0. The molecule has 3 saturated heterocycles. The van der Waals surface area contributed by atoms with Gasteiger partial charge in [0.15, 0.2) is 0 Å². The maximum Gasteiger partial charge on any atom is 0.225 e. The van der Waals surface area contributed by atoms with Crippen molar-refractivity contribution in [2.45, 2.75) is 31.7 Å². The molecule has 25 heavy (non-hydrogen) atoms. The molecule has 0 unspecified atom stereocenters. The predicted octanol–water partition coefficient (Wildman–Crippen LogP) is 1.93. The summed E-state index contributed by atoms with van der Waals surface area (Å²) in [5.74, 6) is 1.56. The molecule has 130 valence electrons. The maximum atomic E-state index is 12.8. The molecular formula is C19H23N5O. The number of nitrogens with zero attached hydrogens (tertiary/aromatic N) is 5. The van der Waals surface area contributed by atoms with Crippen LogP contribution in [0.2, 0.25) is 0 Å². The Kier molecular flexibility index (Phi) is 4.59. The van der Waals surface area contributed by atoms with Gasteiger partial charge in [-0.2, -0.15) is 0 Å². The molecule has 6 heteroatoms. The highest BCUT2D eigenvalue weighted by atomic mass is 16.2. The van der Waals surface area contributed by atoms with Crippen LogP contribution in [-0.2, 0) is 11.2 Å². The largest absolute Gasteiger partial charge is 0.338 e. The lowest BCUT2D eigenvalue weighted by atomic mass is 9.94. The number of aromatic nitrogens is 3. The first-order valence-electron chi connectivity index (χ1n) is 9.00. The van der Waals surface area contributed by atoms with E-state index in [1.165, 1.54) is 12.0 Å². The van der Waals surface area contributed by atoms with Crippen LogP contribution in [0, 0.1) is 5.92 Å². The van der Waals surface area contributed by atoms with Gasteiger partial charge in [-0.15, -0.1) is 0 Å². The van der Waals surface area contributed by atoms with Gasteiger partial charge in [0.2, 0.25) is 11.9 Å². The summed E-state index contributed by atoms with van der Waals surface area (Å²) in [6, 6.07) is 6.07.